The zero-order chi connectivity index (χ0) is 23.3. The Labute approximate surface area is 195 Å². The summed E-state index contributed by atoms with van der Waals surface area (Å²) in [5, 5.41) is 21.6. The van der Waals surface area contributed by atoms with Crippen LogP contribution >= 0.6 is 22.9 Å². The first kappa shape index (κ1) is 21.0. The fourth-order valence-electron chi connectivity index (χ4n) is 3.74. The van der Waals surface area contributed by atoms with Gasteiger partial charge in [0, 0.05) is 5.02 Å². The number of aliphatic hydroxyl groups excluding tert-OH is 1. The van der Waals surface area contributed by atoms with Crippen molar-refractivity contribution in [2.75, 3.05) is 12.0 Å². The van der Waals surface area contributed by atoms with E-state index < -0.39 is 23.5 Å². The molecule has 5 rings (SSSR count). The molecule has 0 saturated carbocycles. The standard InChI is InChI=1S/C23H15ClN2O6S/c1-31-16-9-11(4-7-14(16)27)19-18(20(28)15-3-2-8-32-15)21(29)22(30)26(19)23-25-13-6-5-12(24)10-17(13)33-23/h2-10,19,27,29H,1H3. The molecule has 0 aliphatic carbocycles. The third-order valence-electron chi connectivity index (χ3n) is 5.26. The van der Waals surface area contributed by atoms with E-state index in [1.54, 1.807) is 24.3 Å². The van der Waals surface area contributed by atoms with Gasteiger partial charge in [-0.2, -0.15) is 0 Å². The Balaban J connectivity index is 1.70. The van der Waals surface area contributed by atoms with Gasteiger partial charge in [-0.05, 0) is 48.0 Å². The van der Waals surface area contributed by atoms with Crippen molar-refractivity contribution >= 4 is 50.0 Å². The van der Waals surface area contributed by atoms with Gasteiger partial charge in [0.15, 0.2) is 28.1 Å². The van der Waals surface area contributed by atoms with Crippen LogP contribution in [0.4, 0.5) is 5.13 Å². The van der Waals surface area contributed by atoms with E-state index in [1.165, 1.54) is 53.9 Å². The molecular formula is C23H15ClN2O6S. The summed E-state index contributed by atoms with van der Waals surface area (Å²) in [6.45, 7) is 0. The predicted molar refractivity (Wildman–Crippen MR) is 122 cm³/mol. The maximum Gasteiger partial charge on any atom is 0.296 e. The minimum Gasteiger partial charge on any atom is -0.504 e. The van der Waals surface area contributed by atoms with Crippen LogP contribution in [0.5, 0.6) is 11.5 Å². The van der Waals surface area contributed by atoms with Crippen LogP contribution in [0.3, 0.4) is 0 Å². The fourth-order valence-corrected chi connectivity index (χ4v) is 5.01. The van der Waals surface area contributed by atoms with Crippen LogP contribution in [0.15, 0.2) is 70.5 Å². The SMILES string of the molecule is COc1cc(C2C(C(=O)c3ccco3)=C(O)C(=O)N2c2nc3ccc(Cl)cc3s2)ccc1O. The molecular weight excluding hydrogens is 468 g/mol. The van der Waals surface area contributed by atoms with Crippen molar-refractivity contribution < 1.29 is 29.0 Å². The Morgan fingerprint density at radius 2 is 2.03 bits per heavy atom. The minimum atomic E-state index is -1.04. The molecule has 33 heavy (non-hydrogen) atoms. The Morgan fingerprint density at radius 1 is 1.21 bits per heavy atom. The summed E-state index contributed by atoms with van der Waals surface area (Å²) in [6.07, 6.45) is 1.33. The van der Waals surface area contributed by atoms with Gasteiger partial charge in [-0.25, -0.2) is 4.98 Å². The lowest BCUT2D eigenvalue weighted by Crippen LogP contribution is -2.31. The van der Waals surface area contributed by atoms with E-state index in [4.69, 9.17) is 20.8 Å². The van der Waals surface area contributed by atoms with Crippen LogP contribution in [-0.2, 0) is 4.79 Å². The molecule has 2 aromatic carbocycles. The van der Waals surface area contributed by atoms with E-state index >= 15 is 0 Å². The van der Waals surface area contributed by atoms with Crippen molar-refractivity contribution in [1.82, 2.24) is 4.98 Å². The molecule has 1 unspecified atom stereocenters. The number of Topliss-reactive ketones (excluding diaryl/α,β-unsaturated/α-hetero) is 1. The number of nitrogens with zero attached hydrogens (tertiary/aromatic N) is 2. The topological polar surface area (TPSA) is 113 Å². The number of furan rings is 1. The molecule has 1 aliphatic rings. The first-order valence-corrected chi connectivity index (χ1v) is 10.9. The number of benzene rings is 2. The number of hydrogen-bond acceptors (Lipinski definition) is 8. The molecule has 1 aliphatic heterocycles. The zero-order valence-corrected chi connectivity index (χ0v) is 18.6. The van der Waals surface area contributed by atoms with E-state index in [0.717, 1.165) is 4.70 Å². The zero-order valence-electron chi connectivity index (χ0n) is 17.0. The maximum absolute atomic E-state index is 13.3. The summed E-state index contributed by atoms with van der Waals surface area (Å²) in [7, 11) is 1.38. The number of carbonyl (C=O) groups is 2. The molecule has 0 fully saturated rings. The van der Waals surface area contributed by atoms with Crippen LogP contribution in [-0.4, -0.2) is 34.0 Å². The van der Waals surface area contributed by atoms with Gasteiger partial charge in [0.25, 0.3) is 5.91 Å². The van der Waals surface area contributed by atoms with Gasteiger partial charge < -0.3 is 19.4 Å². The quantitative estimate of drug-likeness (QED) is 0.383. The molecule has 166 valence electrons. The highest BCUT2D eigenvalue weighted by Gasteiger charge is 2.46. The van der Waals surface area contributed by atoms with E-state index in [9.17, 15) is 19.8 Å². The highest BCUT2D eigenvalue weighted by molar-refractivity contribution is 7.22. The number of rotatable bonds is 5. The number of carbonyl (C=O) groups excluding carboxylic acids is 2. The van der Waals surface area contributed by atoms with E-state index in [2.05, 4.69) is 4.98 Å². The van der Waals surface area contributed by atoms with Crippen LogP contribution in [0.25, 0.3) is 10.2 Å². The second-order valence-electron chi connectivity index (χ2n) is 7.19. The number of aromatic hydroxyl groups is 1. The summed E-state index contributed by atoms with van der Waals surface area (Å²) < 4.78 is 11.2. The van der Waals surface area contributed by atoms with E-state index in [-0.39, 0.29) is 28.0 Å². The predicted octanol–water partition coefficient (Wildman–Crippen LogP) is 5.04. The second kappa shape index (κ2) is 7.95. The van der Waals surface area contributed by atoms with Crippen LogP contribution in [0.2, 0.25) is 5.02 Å². The van der Waals surface area contributed by atoms with E-state index in [0.29, 0.717) is 16.1 Å². The number of phenolic OH excluding ortho intramolecular Hbond substituents is 1. The highest BCUT2D eigenvalue weighted by atomic mass is 35.5. The number of aliphatic hydroxyl groups is 1. The molecule has 2 aromatic heterocycles. The molecule has 0 saturated heterocycles. The molecule has 8 nitrogen and oxygen atoms in total. The molecule has 0 spiro atoms. The van der Waals surface area contributed by atoms with Crippen molar-refractivity contribution in [3.63, 3.8) is 0 Å². The Kier molecular flexibility index (Phi) is 5.07. The largest absolute Gasteiger partial charge is 0.504 e. The van der Waals surface area contributed by atoms with Crippen molar-refractivity contribution in [2.45, 2.75) is 6.04 Å². The molecule has 0 radical (unpaired) electrons. The number of aromatic nitrogens is 1. The van der Waals surface area contributed by atoms with Gasteiger partial charge in [0.05, 0.1) is 35.2 Å². The summed E-state index contributed by atoms with van der Waals surface area (Å²) in [6, 6.07) is 11.5. The number of fused-ring (bicyclic) bond motifs is 1. The average molecular weight is 483 g/mol. The maximum atomic E-state index is 13.3. The Morgan fingerprint density at radius 3 is 2.76 bits per heavy atom. The average Bonchev–Trinajstić information content (AvgIpc) is 3.53. The number of ketones is 1. The molecule has 1 atom stereocenters. The third-order valence-corrected chi connectivity index (χ3v) is 6.52. The Bertz CT molecular complexity index is 1440. The monoisotopic (exact) mass is 482 g/mol. The Hall–Kier alpha value is -3.82. The van der Waals surface area contributed by atoms with Gasteiger partial charge in [-0.15, -0.1) is 0 Å². The third kappa shape index (κ3) is 3.42. The highest BCUT2D eigenvalue weighted by Crippen LogP contribution is 2.45. The number of thiazole rings is 1. The molecule has 0 bridgehead atoms. The van der Waals surface area contributed by atoms with Crippen molar-refractivity contribution in [2.24, 2.45) is 0 Å². The van der Waals surface area contributed by atoms with Crippen LogP contribution in [0, 0.1) is 0 Å². The van der Waals surface area contributed by atoms with Crippen molar-refractivity contribution in [1.29, 1.82) is 0 Å². The van der Waals surface area contributed by atoms with Crippen molar-refractivity contribution in [3.05, 3.63) is 82.5 Å². The van der Waals surface area contributed by atoms with Gasteiger partial charge in [0.2, 0.25) is 5.78 Å². The number of hydrogen-bond donors (Lipinski definition) is 2. The van der Waals surface area contributed by atoms with Gasteiger partial charge >= 0.3 is 0 Å². The normalized spacial score (nSPS) is 16.1. The summed E-state index contributed by atoms with van der Waals surface area (Å²) in [5.41, 5.74) is 0.869. The molecule has 3 heterocycles. The molecule has 1 amide bonds. The summed E-state index contributed by atoms with van der Waals surface area (Å²) >= 11 is 7.29. The van der Waals surface area contributed by atoms with Gasteiger partial charge in [0.1, 0.15) is 0 Å². The number of halogens is 1. The second-order valence-corrected chi connectivity index (χ2v) is 8.63. The number of phenols is 1. The lowest BCUT2D eigenvalue weighted by atomic mass is 9.95. The molecule has 2 N–H and O–H groups in total. The van der Waals surface area contributed by atoms with Crippen LogP contribution < -0.4 is 9.64 Å². The first-order valence-electron chi connectivity index (χ1n) is 9.67. The number of anilines is 1. The van der Waals surface area contributed by atoms with Gasteiger partial charge in [-0.3, -0.25) is 14.5 Å². The smallest absolute Gasteiger partial charge is 0.296 e. The summed E-state index contributed by atoms with van der Waals surface area (Å²) in [4.78, 5) is 32.3. The van der Waals surface area contributed by atoms with Gasteiger partial charge in [-0.1, -0.05) is 29.0 Å². The summed E-state index contributed by atoms with van der Waals surface area (Å²) in [5.74, 6) is -2.13. The number of ether oxygens (including phenoxy) is 1. The van der Waals surface area contributed by atoms with Crippen LogP contribution in [0.1, 0.15) is 22.2 Å². The fraction of sp³-hybridized carbons (Fsp3) is 0.0870. The number of methoxy groups -OCH3 is 1. The number of amides is 1. The lowest BCUT2D eigenvalue weighted by Gasteiger charge is -2.24. The lowest BCUT2D eigenvalue weighted by molar-refractivity contribution is -0.117. The van der Waals surface area contributed by atoms with E-state index in [1.807, 2.05) is 0 Å². The first-order chi connectivity index (χ1) is 15.9. The molecule has 4 aromatic rings. The molecule has 10 heteroatoms. The minimum absolute atomic E-state index is 0.0296. The van der Waals surface area contributed by atoms with Crippen molar-refractivity contribution in [3.8, 4) is 11.5 Å².